The summed E-state index contributed by atoms with van der Waals surface area (Å²) in [6, 6.07) is 1.12. The van der Waals surface area contributed by atoms with Gasteiger partial charge in [0.15, 0.2) is 0 Å². The SMILES string of the molecule is CC(N(Cc1cc(O)c(CO)cc1O)C(CO)C(CO)N(Cc1cc(CO)c(O)cc1O)C(C)P(=O)(O)O)P(=O)(O)O.CCN(CC)CC.[Fe+3]. The van der Waals surface area contributed by atoms with Crippen molar-refractivity contribution in [3.05, 3.63) is 46.5 Å². The standard InChI is InChI=1S/C24H38N2O14P2.C6H15N.Fe/c1-13(41(35,36)37)25(7-15-3-17(9-27)24(34)6-23(15)33)19(11-29)20(12-30)26(14(2)42(38,39)40)8-16-4-22(32)18(10-28)5-21(16)31;1-4-7(5-2)6-3;/h3-6,13-14,19-20,27-34H,7-12H2,1-2H3,(H2,35,36,37)(H2,38,39,40);4-6H2,1-3H3;/q;;+3. The maximum Gasteiger partial charge on any atom is 3.00 e. The molecule has 2 aromatic rings. The number of hydrogen-bond donors (Lipinski definition) is 12. The molecule has 2 aromatic carbocycles. The van der Waals surface area contributed by atoms with E-state index >= 15 is 0 Å². The van der Waals surface area contributed by atoms with Gasteiger partial charge in [-0.3, -0.25) is 18.9 Å². The molecule has 2 rings (SSSR count). The minimum atomic E-state index is -5.01. The predicted octanol–water partition coefficient (Wildman–Crippen LogP) is 0.913. The Labute approximate surface area is 302 Å². The first-order valence-electron chi connectivity index (χ1n) is 15.6. The van der Waals surface area contributed by atoms with Gasteiger partial charge in [-0.25, -0.2) is 0 Å². The third kappa shape index (κ3) is 13.3. The van der Waals surface area contributed by atoms with E-state index in [1.54, 1.807) is 0 Å². The van der Waals surface area contributed by atoms with Crippen LogP contribution in [0.3, 0.4) is 0 Å². The van der Waals surface area contributed by atoms with E-state index in [1.807, 2.05) is 0 Å². The Morgan fingerprint density at radius 2 is 0.860 bits per heavy atom. The van der Waals surface area contributed by atoms with Crippen LogP contribution in [-0.2, 0) is 52.5 Å². The molecule has 0 aromatic heterocycles. The third-order valence-corrected chi connectivity index (χ3v) is 11.1. The molecule has 12 N–H and O–H groups in total. The minimum Gasteiger partial charge on any atom is -0.508 e. The fourth-order valence-electron chi connectivity index (χ4n) is 5.24. The van der Waals surface area contributed by atoms with E-state index < -0.39 is 101 Å². The van der Waals surface area contributed by atoms with Crippen molar-refractivity contribution in [2.75, 3.05) is 32.8 Å². The predicted molar refractivity (Wildman–Crippen MR) is 181 cm³/mol. The Balaban J connectivity index is 0.00000270. The Bertz CT molecular complexity index is 1420. The number of phenols is 4. The van der Waals surface area contributed by atoms with Gasteiger partial charge in [-0.2, -0.15) is 0 Å². The summed E-state index contributed by atoms with van der Waals surface area (Å²) in [5.41, 5.74) is -0.234. The molecule has 20 heteroatoms. The molecule has 4 unspecified atom stereocenters. The number of benzene rings is 2. The van der Waals surface area contributed by atoms with Gasteiger partial charge in [-0.1, -0.05) is 20.8 Å². The molecule has 0 spiro atoms. The van der Waals surface area contributed by atoms with Crippen LogP contribution in [0.5, 0.6) is 23.0 Å². The molecule has 0 aliphatic heterocycles. The molecule has 0 saturated heterocycles. The summed E-state index contributed by atoms with van der Waals surface area (Å²) in [6.45, 7) is 8.04. The Hall–Kier alpha value is -1.82. The first kappa shape index (κ1) is 48.2. The first-order valence-corrected chi connectivity index (χ1v) is 19.0. The molecule has 0 aliphatic rings. The van der Waals surface area contributed by atoms with E-state index in [9.17, 15) is 69.6 Å². The van der Waals surface area contributed by atoms with Gasteiger partial charge in [0.1, 0.15) is 34.6 Å². The molecule has 0 saturated carbocycles. The van der Waals surface area contributed by atoms with Gasteiger partial charge in [-0.05, 0) is 51.7 Å². The molecule has 0 fully saturated rings. The number of aliphatic hydroxyl groups excluding tert-OH is 4. The summed E-state index contributed by atoms with van der Waals surface area (Å²) in [7, 11) is -10.0. The quantitative estimate of drug-likeness (QED) is 0.0567. The molecule has 0 aliphatic carbocycles. The maximum absolute atomic E-state index is 12.4. The van der Waals surface area contributed by atoms with Crippen molar-refractivity contribution in [3.8, 4) is 23.0 Å². The molecular weight excluding hydrogens is 744 g/mol. The van der Waals surface area contributed by atoms with Crippen molar-refractivity contribution >= 4 is 15.2 Å². The van der Waals surface area contributed by atoms with Crippen LogP contribution in [0.1, 0.15) is 56.9 Å². The first-order chi connectivity index (χ1) is 22.7. The fraction of sp³-hybridized carbons (Fsp3) is 0.600. The van der Waals surface area contributed by atoms with E-state index in [4.69, 9.17) is 0 Å². The Morgan fingerprint density at radius 3 is 1.18 bits per heavy atom. The number of phenolic OH excluding ortho intramolecular Hbond substituents is 2. The van der Waals surface area contributed by atoms with Crippen LogP contribution >= 0.6 is 15.2 Å². The monoisotopic (exact) mass is 797 g/mol. The average Bonchev–Trinajstić information content (AvgIpc) is 3.03. The van der Waals surface area contributed by atoms with E-state index in [0.717, 1.165) is 47.9 Å². The molecule has 0 heterocycles. The molecule has 0 bridgehead atoms. The van der Waals surface area contributed by atoms with Gasteiger partial charge in [0, 0.05) is 41.4 Å². The molecule has 0 amide bonds. The van der Waals surface area contributed by atoms with Gasteiger partial charge in [0.05, 0.1) is 38.5 Å². The van der Waals surface area contributed by atoms with Gasteiger partial charge >= 0.3 is 32.3 Å². The van der Waals surface area contributed by atoms with Crippen molar-refractivity contribution in [1.29, 1.82) is 0 Å². The second kappa shape index (κ2) is 21.6. The van der Waals surface area contributed by atoms with Gasteiger partial charge in [0.25, 0.3) is 0 Å². The van der Waals surface area contributed by atoms with E-state index in [-0.39, 0.29) is 39.3 Å². The maximum atomic E-state index is 12.4. The van der Waals surface area contributed by atoms with Crippen LogP contribution in [0, 0.1) is 0 Å². The Morgan fingerprint density at radius 1 is 0.560 bits per heavy atom. The number of hydrogen-bond acceptors (Lipinski definition) is 13. The van der Waals surface area contributed by atoms with E-state index in [1.165, 1.54) is 19.6 Å². The van der Waals surface area contributed by atoms with Gasteiger partial charge < -0.3 is 65.3 Å². The fourth-order valence-corrected chi connectivity index (χ4v) is 6.52. The zero-order valence-electron chi connectivity index (χ0n) is 28.8. The van der Waals surface area contributed by atoms with Gasteiger partial charge in [-0.15, -0.1) is 0 Å². The molecule has 50 heavy (non-hydrogen) atoms. The largest absolute Gasteiger partial charge is 3.00 e. The summed E-state index contributed by atoms with van der Waals surface area (Å²) in [5, 5.41) is 80.9. The van der Waals surface area contributed by atoms with Crippen molar-refractivity contribution in [2.45, 2.75) is 84.6 Å². The zero-order valence-corrected chi connectivity index (χ0v) is 31.6. The zero-order chi connectivity index (χ0) is 37.9. The molecule has 287 valence electrons. The smallest absolute Gasteiger partial charge is 0.508 e. The molecular formula is C30H53FeN3O14P2+3. The molecule has 4 atom stereocenters. The summed E-state index contributed by atoms with van der Waals surface area (Å²) < 4.78 is 24.8. The van der Waals surface area contributed by atoms with Crippen molar-refractivity contribution in [2.24, 2.45) is 0 Å². The normalized spacial score (nSPS) is 14.6. The van der Waals surface area contributed by atoms with Crippen molar-refractivity contribution < 1.29 is 86.6 Å². The van der Waals surface area contributed by atoms with Crippen molar-refractivity contribution in [3.63, 3.8) is 0 Å². The topological polar surface area (TPSA) is 287 Å². The van der Waals surface area contributed by atoms with Crippen molar-refractivity contribution in [1.82, 2.24) is 14.7 Å². The summed E-state index contributed by atoms with van der Waals surface area (Å²) in [6.07, 6.45) is 0. The van der Waals surface area contributed by atoms with Crippen LogP contribution in [0.4, 0.5) is 0 Å². The number of nitrogens with zero attached hydrogens (tertiary/aromatic N) is 3. The number of rotatable bonds is 18. The second-order valence-electron chi connectivity index (χ2n) is 11.4. The minimum absolute atomic E-state index is 0. The van der Waals surface area contributed by atoms with Crippen LogP contribution in [0.15, 0.2) is 24.3 Å². The number of aromatic hydroxyl groups is 4. The Kier molecular flexibility index (Phi) is 20.9. The van der Waals surface area contributed by atoms with Crippen LogP contribution < -0.4 is 0 Å². The van der Waals surface area contributed by atoms with Crippen LogP contribution in [0.2, 0.25) is 0 Å². The van der Waals surface area contributed by atoms with Crippen LogP contribution in [-0.4, -0.2) is 132 Å². The summed E-state index contributed by atoms with van der Waals surface area (Å²) in [4.78, 5) is 44.5. The van der Waals surface area contributed by atoms with E-state index in [0.29, 0.717) is 0 Å². The average molecular weight is 798 g/mol. The second-order valence-corrected chi connectivity index (χ2v) is 15.3. The molecule has 1 radical (unpaired) electrons. The summed E-state index contributed by atoms with van der Waals surface area (Å²) >= 11 is 0. The van der Waals surface area contributed by atoms with Gasteiger partial charge in [0.2, 0.25) is 0 Å². The number of aliphatic hydroxyl groups is 4. The molecule has 17 nitrogen and oxygen atoms in total. The third-order valence-electron chi connectivity index (χ3n) is 8.55. The van der Waals surface area contributed by atoms with Crippen LogP contribution in [0.25, 0.3) is 0 Å². The van der Waals surface area contributed by atoms with E-state index in [2.05, 4.69) is 25.7 Å². The summed E-state index contributed by atoms with van der Waals surface area (Å²) in [5.74, 6) is -5.34.